The summed E-state index contributed by atoms with van der Waals surface area (Å²) in [6.45, 7) is 3.11. The quantitative estimate of drug-likeness (QED) is 0.786. The molecule has 2 heterocycles. The van der Waals surface area contributed by atoms with Crippen LogP contribution in [0.4, 0.5) is 0 Å². The second-order valence-electron chi connectivity index (χ2n) is 6.60. The number of likely N-dealkylation sites (N-methyl/N-ethyl adjacent to an activating group) is 1. The molecular formula is C20H29N3. The van der Waals surface area contributed by atoms with Gasteiger partial charge in [0.1, 0.15) is 0 Å². The van der Waals surface area contributed by atoms with E-state index in [0.29, 0.717) is 6.04 Å². The summed E-state index contributed by atoms with van der Waals surface area (Å²) in [5.74, 6) is 0. The van der Waals surface area contributed by atoms with E-state index >= 15 is 0 Å². The number of allylic oxidation sites excluding steroid dienone is 3. The molecule has 124 valence electrons. The van der Waals surface area contributed by atoms with Crippen molar-refractivity contribution in [3.05, 3.63) is 58.8 Å². The second kappa shape index (κ2) is 8.32. The first-order chi connectivity index (χ1) is 11.4. The van der Waals surface area contributed by atoms with Crippen LogP contribution >= 0.6 is 0 Å². The lowest BCUT2D eigenvalue weighted by Gasteiger charge is -2.25. The van der Waals surface area contributed by atoms with Crippen molar-refractivity contribution in [2.45, 2.75) is 44.7 Å². The van der Waals surface area contributed by atoms with Crippen molar-refractivity contribution >= 4 is 0 Å². The highest BCUT2D eigenvalue weighted by Gasteiger charge is 2.15. The summed E-state index contributed by atoms with van der Waals surface area (Å²) >= 11 is 0. The van der Waals surface area contributed by atoms with E-state index in [1.54, 1.807) is 5.57 Å². The van der Waals surface area contributed by atoms with E-state index in [2.05, 4.69) is 52.4 Å². The molecule has 0 saturated heterocycles. The Labute approximate surface area is 140 Å². The predicted molar refractivity (Wildman–Crippen MR) is 97.3 cm³/mol. The standard InChI is InChI=1S/C11H16N2.C9H13N/c1-12-8-11-6-9-4-2-3-5-10(9)7-13-11;1-2-6-9-8(4-1)5-3-7-10-9/h2-5,11-13H,6-8H2,1H3;3,5,10H,1-2,4,6-7H2. The van der Waals surface area contributed by atoms with Crippen molar-refractivity contribution in [1.82, 2.24) is 16.0 Å². The molecule has 4 rings (SSSR count). The molecule has 3 N–H and O–H groups in total. The Morgan fingerprint density at radius 3 is 2.78 bits per heavy atom. The normalized spacial score (nSPS) is 22.4. The van der Waals surface area contributed by atoms with E-state index in [9.17, 15) is 0 Å². The Morgan fingerprint density at radius 2 is 1.96 bits per heavy atom. The van der Waals surface area contributed by atoms with Crippen LogP contribution in [0.5, 0.6) is 0 Å². The molecule has 0 radical (unpaired) electrons. The number of hydrogen-bond acceptors (Lipinski definition) is 3. The lowest BCUT2D eigenvalue weighted by Crippen LogP contribution is -2.41. The van der Waals surface area contributed by atoms with Crippen LogP contribution in [-0.2, 0) is 13.0 Å². The number of hydrogen-bond donors (Lipinski definition) is 3. The summed E-state index contributed by atoms with van der Waals surface area (Å²) in [6.07, 6.45) is 11.0. The summed E-state index contributed by atoms with van der Waals surface area (Å²) in [4.78, 5) is 0. The summed E-state index contributed by atoms with van der Waals surface area (Å²) in [6, 6.07) is 9.27. The van der Waals surface area contributed by atoms with Gasteiger partial charge >= 0.3 is 0 Å². The monoisotopic (exact) mass is 311 g/mol. The van der Waals surface area contributed by atoms with Crippen LogP contribution in [0.3, 0.4) is 0 Å². The van der Waals surface area contributed by atoms with Crippen LogP contribution in [-0.4, -0.2) is 26.2 Å². The van der Waals surface area contributed by atoms with Crippen LogP contribution < -0.4 is 16.0 Å². The summed E-state index contributed by atoms with van der Waals surface area (Å²) in [5.41, 5.74) is 6.02. The van der Waals surface area contributed by atoms with Crippen molar-refractivity contribution in [2.75, 3.05) is 20.1 Å². The molecule has 1 atom stereocenters. The van der Waals surface area contributed by atoms with Gasteiger partial charge in [0.25, 0.3) is 0 Å². The maximum atomic E-state index is 3.51. The van der Waals surface area contributed by atoms with Crippen molar-refractivity contribution < 1.29 is 0 Å². The topological polar surface area (TPSA) is 36.1 Å². The number of benzene rings is 1. The molecule has 1 unspecified atom stereocenters. The van der Waals surface area contributed by atoms with Gasteiger partial charge in [-0.25, -0.2) is 0 Å². The molecule has 0 fully saturated rings. The van der Waals surface area contributed by atoms with E-state index in [-0.39, 0.29) is 0 Å². The zero-order chi connectivity index (χ0) is 15.9. The van der Waals surface area contributed by atoms with Crippen molar-refractivity contribution in [2.24, 2.45) is 0 Å². The molecule has 0 saturated carbocycles. The summed E-state index contributed by atoms with van der Waals surface area (Å²) in [5, 5.41) is 10.1. The van der Waals surface area contributed by atoms with Gasteiger partial charge < -0.3 is 16.0 Å². The molecule has 1 aromatic rings. The number of rotatable bonds is 2. The first-order valence-corrected chi connectivity index (χ1v) is 8.94. The van der Waals surface area contributed by atoms with E-state index in [1.165, 1.54) is 42.5 Å². The van der Waals surface area contributed by atoms with Gasteiger partial charge in [0.2, 0.25) is 0 Å². The van der Waals surface area contributed by atoms with Crippen molar-refractivity contribution in [3.63, 3.8) is 0 Å². The molecular weight excluding hydrogens is 282 g/mol. The van der Waals surface area contributed by atoms with Crippen LogP contribution in [0.15, 0.2) is 47.7 Å². The lowest BCUT2D eigenvalue weighted by molar-refractivity contribution is 0.462. The molecule has 3 heteroatoms. The zero-order valence-corrected chi connectivity index (χ0v) is 14.2. The third-order valence-electron chi connectivity index (χ3n) is 4.88. The molecule has 3 nitrogen and oxygen atoms in total. The fourth-order valence-corrected chi connectivity index (χ4v) is 3.61. The number of nitrogens with one attached hydrogen (secondary N) is 3. The Hall–Kier alpha value is -1.58. The van der Waals surface area contributed by atoms with Gasteiger partial charge in [-0.3, -0.25) is 0 Å². The van der Waals surface area contributed by atoms with Crippen LogP contribution in [0.1, 0.15) is 36.8 Å². The van der Waals surface area contributed by atoms with Crippen molar-refractivity contribution in [1.29, 1.82) is 0 Å². The Kier molecular flexibility index (Phi) is 5.89. The minimum atomic E-state index is 0.597. The maximum Gasteiger partial charge on any atom is 0.0331 e. The fraction of sp³-hybridized carbons (Fsp3) is 0.500. The first kappa shape index (κ1) is 16.3. The fourth-order valence-electron chi connectivity index (χ4n) is 3.61. The third kappa shape index (κ3) is 4.46. The van der Waals surface area contributed by atoms with Gasteiger partial charge in [0.15, 0.2) is 0 Å². The van der Waals surface area contributed by atoms with Gasteiger partial charge in [-0.2, -0.15) is 0 Å². The zero-order valence-electron chi connectivity index (χ0n) is 14.2. The number of fused-ring (bicyclic) bond motifs is 1. The van der Waals surface area contributed by atoms with E-state index in [4.69, 9.17) is 0 Å². The average molecular weight is 311 g/mol. The van der Waals surface area contributed by atoms with Gasteiger partial charge in [-0.05, 0) is 55.9 Å². The molecule has 3 aliphatic rings. The third-order valence-corrected chi connectivity index (χ3v) is 4.88. The highest BCUT2D eigenvalue weighted by Crippen LogP contribution is 2.25. The lowest BCUT2D eigenvalue weighted by atomic mass is 9.94. The summed E-state index contributed by atoms with van der Waals surface area (Å²) < 4.78 is 0. The Morgan fingerprint density at radius 1 is 1.13 bits per heavy atom. The Balaban J connectivity index is 0.000000140. The Bertz CT molecular complexity index is 574. The van der Waals surface area contributed by atoms with Gasteiger partial charge in [0.05, 0.1) is 0 Å². The molecule has 1 aromatic carbocycles. The molecule has 0 aromatic heterocycles. The van der Waals surface area contributed by atoms with E-state index in [1.807, 2.05) is 7.05 Å². The second-order valence-corrected chi connectivity index (χ2v) is 6.60. The van der Waals surface area contributed by atoms with Gasteiger partial charge in [-0.1, -0.05) is 36.4 Å². The maximum absolute atomic E-state index is 3.51. The van der Waals surface area contributed by atoms with Crippen LogP contribution in [0.25, 0.3) is 0 Å². The highest BCUT2D eigenvalue weighted by atomic mass is 15.0. The van der Waals surface area contributed by atoms with E-state index in [0.717, 1.165) is 26.1 Å². The SMILES string of the molecule is C1=CC2=C(CCCC2)NC1.CNCC1Cc2ccccc2CN1. The number of dihydropyridines is 1. The van der Waals surface area contributed by atoms with E-state index < -0.39 is 0 Å². The van der Waals surface area contributed by atoms with Crippen LogP contribution in [0.2, 0.25) is 0 Å². The molecule has 0 spiro atoms. The molecule has 1 aliphatic carbocycles. The highest BCUT2D eigenvalue weighted by molar-refractivity contribution is 5.30. The van der Waals surface area contributed by atoms with Gasteiger partial charge in [-0.15, -0.1) is 0 Å². The molecule has 0 bridgehead atoms. The molecule has 0 amide bonds. The average Bonchev–Trinajstić information content (AvgIpc) is 2.63. The van der Waals surface area contributed by atoms with Gasteiger partial charge in [0, 0.05) is 31.4 Å². The first-order valence-electron chi connectivity index (χ1n) is 8.94. The minimum absolute atomic E-state index is 0.597. The van der Waals surface area contributed by atoms with Crippen LogP contribution in [0, 0.1) is 0 Å². The largest absolute Gasteiger partial charge is 0.385 e. The molecule has 2 aliphatic heterocycles. The minimum Gasteiger partial charge on any atom is -0.385 e. The predicted octanol–water partition coefficient (Wildman–Crippen LogP) is 2.89. The summed E-state index contributed by atoms with van der Waals surface area (Å²) in [7, 11) is 2.00. The molecule has 23 heavy (non-hydrogen) atoms. The smallest absolute Gasteiger partial charge is 0.0331 e. The van der Waals surface area contributed by atoms with Crippen molar-refractivity contribution in [3.8, 4) is 0 Å².